The number of rotatable bonds is 15. The lowest BCUT2D eigenvalue weighted by Crippen LogP contribution is -2.51. The highest BCUT2D eigenvalue weighted by Gasteiger charge is 2.45. The zero-order valence-electron chi connectivity index (χ0n) is 33.5. The average Bonchev–Trinajstić information content (AvgIpc) is 3.86. The minimum Gasteiger partial charge on any atom is -0.455 e. The fourth-order valence-corrected chi connectivity index (χ4v) is 7.41. The van der Waals surface area contributed by atoms with E-state index in [2.05, 4.69) is 58.6 Å². The molecule has 2 saturated heterocycles. The topological polar surface area (TPSA) is 99.3 Å². The van der Waals surface area contributed by atoms with E-state index < -0.39 is 24.6 Å². The molecule has 0 aromatic heterocycles. The van der Waals surface area contributed by atoms with Crippen molar-refractivity contribution >= 4 is 12.1 Å². The molecule has 0 aromatic carbocycles. The Labute approximate surface area is 309 Å². The Morgan fingerprint density at radius 1 is 1.04 bits per heavy atom. The quantitative estimate of drug-likeness (QED) is 0.0558. The molecule has 3 aliphatic heterocycles. The second-order valence-corrected chi connectivity index (χ2v) is 15.3. The van der Waals surface area contributed by atoms with E-state index in [1.807, 2.05) is 43.9 Å². The third-order valence-electron chi connectivity index (χ3n) is 10.9. The lowest BCUT2D eigenvalue weighted by Gasteiger charge is -2.37. The third-order valence-corrected chi connectivity index (χ3v) is 10.9. The van der Waals surface area contributed by atoms with Crippen LogP contribution >= 0.6 is 0 Å². The van der Waals surface area contributed by atoms with Gasteiger partial charge in [0.05, 0.1) is 18.3 Å². The number of cyclic esters (lactones) is 1. The van der Waals surface area contributed by atoms with Crippen molar-refractivity contribution < 1.29 is 38.0 Å². The summed E-state index contributed by atoms with van der Waals surface area (Å²) in [4.78, 5) is 31.2. The molecule has 0 saturated carbocycles. The fraction of sp³-hybridized carbons (Fsp3) is 0.805. The molecule has 0 N–H and O–H groups in total. The predicted molar refractivity (Wildman–Crippen MR) is 201 cm³/mol. The minimum atomic E-state index is -0.766. The maximum Gasteiger partial charge on any atom is 0.410 e. The first kappa shape index (κ1) is 43.2. The zero-order chi connectivity index (χ0) is 37.7. The van der Waals surface area contributed by atoms with Crippen LogP contribution in [0.2, 0.25) is 0 Å². The number of esters is 1. The molecule has 51 heavy (non-hydrogen) atoms. The van der Waals surface area contributed by atoms with Crippen molar-refractivity contribution in [2.24, 2.45) is 23.7 Å². The number of carbonyl (C=O) groups is 2. The van der Waals surface area contributed by atoms with E-state index in [0.29, 0.717) is 50.4 Å². The van der Waals surface area contributed by atoms with Gasteiger partial charge in [0.25, 0.3) is 0 Å². The Morgan fingerprint density at radius 2 is 1.75 bits per heavy atom. The van der Waals surface area contributed by atoms with Gasteiger partial charge in [0.2, 0.25) is 0 Å². The van der Waals surface area contributed by atoms with Gasteiger partial charge in [-0.2, -0.15) is 0 Å². The molecule has 3 aliphatic rings. The molecule has 2 fully saturated rings. The monoisotopic (exact) mass is 719 g/mol. The molecule has 11 unspecified atom stereocenters. The van der Waals surface area contributed by atoms with Crippen molar-refractivity contribution in [3.63, 3.8) is 0 Å². The third kappa shape index (κ3) is 13.6. The number of piperazine rings is 1. The zero-order valence-corrected chi connectivity index (χ0v) is 33.5. The molecule has 3 rings (SSSR count). The van der Waals surface area contributed by atoms with Crippen LogP contribution in [0.1, 0.15) is 101 Å². The van der Waals surface area contributed by atoms with Gasteiger partial charge in [0.15, 0.2) is 12.4 Å². The molecule has 10 nitrogen and oxygen atoms in total. The van der Waals surface area contributed by atoms with Crippen LogP contribution in [0.5, 0.6) is 0 Å². The Morgan fingerprint density at radius 3 is 2.37 bits per heavy atom. The van der Waals surface area contributed by atoms with E-state index in [1.54, 1.807) is 14.0 Å². The number of nitrogens with zero attached hydrogens (tertiary/aromatic N) is 2. The average molecular weight is 719 g/mol. The van der Waals surface area contributed by atoms with Crippen LogP contribution in [0.4, 0.5) is 4.79 Å². The molecular formula is C41H70N2O8. The van der Waals surface area contributed by atoms with Gasteiger partial charge in [-0.1, -0.05) is 58.9 Å². The molecule has 1 amide bonds. The number of hydrogen-bond acceptors (Lipinski definition) is 9. The summed E-state index contributed by atoms with van der Waals surface area (Å²) in [6.45, 7) is 24.3. The highest BCUT2D eigenvalue weighted by atomic mass is 16.7. The first-order chi connectivity index (χ1) is 24.3. The summed E-state index contributed by atoms with van der Waals surface area (Å²) < 4.78 is 35.8. The van der Waals surface area contributed by atoms with Crippen LogP contribution in [0.3, 0.4) is 0 Å². The van der Waals surface area contributed by atoms with E-state index in [-0.39, 0.29) is 42.2 Å². The molecule has 292 valence electrons. The van der Waals surface area contributed by atoms with Gasteiger partial charge in [-0.3, -0.25) is 4.90 Å². The van der Waals surface area contributed by atoms with E-state index >= 15 is 0 Å². The molecule has 0 aromatic rings. The van der Waals surface area contributed by atoms with Crippen LogP contribution in [0.25, 0.3) is 0 Å². The van der Waals surface area contributed by atoms with Crippen molar-refractivity contribution in [3.05, 3.63) is 36.0 Å². The SMILES string of the molecule is CCOC(C)OC1CCCC(C)C(OC(=O)N2CCN(C(C)C)CC2)C=CC(C)C(C(C)=CC=CC(C)CC2OC2C(C)C(CC)OC)OC1=O. The molecule has 0 spiro atoms. The first-order valence-electron chi connectivity index (χ1n) is 19.7. The number of hydrogen-bond donors (Lipinski definition) is 0. The van der Waals surface area contributed by atoms with E-state index in [4.69, 9.17) is 28.4 Å². The number of allylic oxidation sites excluding steroid dienone is 3. The standard InChI is InChI=1S/C41H70N2O8/c1-12-34(46-11)32(9)39-37(49-39)26-28(5)16-14-18-30(7)38-31(8)20-21-35(50-41(45)43-24-22-42(23-25-43)27(3)4)29(6)17-15-19-36(40(44)51-38)48-33(10)47-13-2/h14,16,18,20-21,27-29,31-39H,12-13,15,17,19,22-26H2,1-11H3. The first-order valence-corrected chi connectivity index (χ1v) is 19.7. The number of carbonyl (C=O) groups excluding carboxylic acids is 2. The van der Waals surface area contributed by atoms with Gasteiger partial charge >= 0.3 is 12.1 Å². The van der Waals surface area contributed by atoms with Gasteiger partial charge < -0.3 is 33.3 Å². The van der Waals surface area contributed by atoms with Crippen molar-refractivity contribution in [1.82, 2.24) is 9.80 Å². The summed E-state index contributed by atoms with van der Waals surface area (Å²) in [5.41, 5.74) is 0.919. The molecular weight excluding hydrogens is 648 g/mol. The van der Waals surface area contributed by atoms with Gasteiger partial charge in [0.1, 0.15) is 12.2 Å². The number of ether oxygens (including phenoxy) is 6. The molecule has 10 heteroatoms. The van der Waals surface area contributed by atoms with Crippen LogP contribution in [-0.4, -0.2) is 111 Å². The van der Waals surface area contributed by atoms with Crippen LogP contribution in [-0.2, 0) is 33.2 Å². The van der Waals surface area contributed by atoms with Crippen molar-refractivity contribution in [1.29, 1.82) is 0 Å². The van der Waals surface area contributed by atoms with Gasteiger partial charge in [-0.25, -0.2) is 9.59 Å². The molecule has 3 heterocycles. The second kappa shape index (κ2) is 21.5. The smallest absolute Gasteiger partial charge is 0.410 e. The Balaban J connectivity index is 1.75. The minimum absolute atomic E-state index is 0.0506. The molecule has 11 atom stereocenters. The van der Waals surface area contributed by atoms with E-state index in [0.717, 1.165) is 37.9 Å². The van der Waals surface area contributed by atoms with Crippen LogP contribution < -0.4 is 0 Å². The summed E-state index contributed by atoms with van der Waals surface area (Å²) in [6.07, 6.45) is 12.4. The van der Waals surface area contributed by atoms with Crippen molar-refractivity contribution in [3.8, 4) is 0 Å². The maximum atomic E-state index is 13.7. The maximum absolute atomic E-state index is 13.7. The Bertz CT molecular complexity index is 1140. The normalized spacial score (nSPS) is 31.1. The number of epoxide rings is 1. The van der Waals surface area contributed by atoms with Gasteiger partial charge in [0, 0.05) is 57.8 Å². The molecule has 0 aliphatic carbocycles. The molecule has 0 radical (unpaired) electrons. The van der Waals surface area contributed by atoms with Gasteiger partial charge in [-0.05, 0) is 90.2 Å². The Kier molecular flexibility index (Phi) is 18.2. The lowest BCUT2D eigenvalue weighted by molar-refractivity contribution is -0.192. The summed E-state index contributed by atoms with van der Waals surface area (Å²) in [5.74, 6) is 0.163. The second-order valence-electron chi connectivity index (χ2n) is 15.3. The largest absolute Gasteiger partial charge is 0.455 e. The predicted octanol–water partition coefficient (Wildman–Crippen LogP) is 7.57. The number of amides is 1. The summed E-state index contributed by atoms with van der Waals surface area (Å²) in [5, 5.41) is 0. The highest BCUT2D eigenvalue weighted by molar-refractivity contribution is 5.75. The Hall–Kier alpha value is -2.24. The van der Waals surface area contributed by atoms with Crippen LogP contribution in [0.15, 0.2) is 36.0 Å². The van der Waals surface area contributed by atoms with Crippen molar-refractivity contribution in [2.75, 3.05) is 39.9 Å². The summed E-state index contributed by atoms with van der Waals surface area (Å²) >= 11 is 0. The summed E-state index contributed by atoms with van der Waals surface area (Å²) in [6, 6.07) is 0.454. The van der Waals surface area contributed by atoms with E-state index in [1.165, 1.54) is 0 Å². The fourth-order valence-electron chi connectivity index (χ4n) is 7.41. The summed E-state index contributed by atoms with van der Waals surface area (Å²) in [7, 11) is 1.77. The van der Waals surface area contributed by atoms with Gasteiger partial charge in [-0.15, -0.1) is 0 Å². The van der Waals surface area contributed by atoms with Crippen LogP contribution in [0, 0.1) is 23.7 Å². The number of methoxy groups -OCH3 is 1. The highest BCUT2D eigenvalue weighted by Crippen LogP contribution is 2.37. The van der Waals surface area contributed by atoms with Crippen molar-refractivity contribution in [2.45, 2.75) is 150 Å². The molecule has 0 bridgehead atoms. The lowest BCUT2D eigenvalue weighted by atomic mass is 9.92. The van der Waals surface area contributed by atoms with E-state index in [9.17, 15) is 9.59 Å².